The first-order valence-electron chi connectivity index (χ1n) is 8.55. The van der Waals surface area contributed by atoms with Gasteiger partial charge in [-0.2, -0.15) is 4.31 Å². The van der Waals surface area contributed by atoms with Gasteiger partial charge in [-0.15, -0.1) is 0 Å². The Morgan fingerprint density at radius 1 is 1.12 bits per heavy atom. The van der Waals surface area contributed by atoms with E-state index in [2.05, 4.69) is 17.5 Å². The Balaban J connectivity index is 1.69. The predicted octanol–water partition coefficient (Wildman–Crippen LogP) is 2.87. The molecule has 2 bridgehead atoms. The lowest BCUT2D eigenvalue weighted by molar-refractivity contribution is -0.120. The fourth-order valence-corrected chi connectivity index (χ4v) is 5.20. The minimum Gasteiger partial charge on any atom is -0.326 e. The summed E-state index contributed by atoms with van der Waals surface area (Å²) >= 11 is 0. The highest BCUT2D eigenvalue weighted by Gasteiger charge is 2.39. The molecule has 3 atom stereocenters. The summed E-state index contributed by atoms with van der Waals surface area (Å²) in [5, 5.41) is 2.92. The molecule has 0 aromatic heterocycles. The summed E-state index contributed by atoms with van der Waals surface area (Å²) in [6.45, 7) is 4.52. The molecule has 2 aliphatic carbocycles. The van der Waals surface area contributed by atoms with Crippen molar-refractivity contribution in [2.45, 2.75) is 31.6 Å². The molecule has 0 saturated heterocycles. The van der Waals surface area contributed by atoms with Gasteiger partial charge < -0.3 is 5.32 Å². The maximum atomic E-state index is 12.5. The highest BCUT2D eigenvalue weighted by molar-refractivity contribution is 7.89. The van der Waals surface area contributed by atoms with Gasteiger partial charge in [0.2, 0.25) is 15.9 Å². The highest BCUT2D eigenvalue weighted by Crippen LogP contribution is 2.43. The number of hydrogen-bond acceptors (Lipinski definition) is 3. The second-order valence-corrected chi connectivity index (χ2v) is 8.43. The third kappa shape index (κ3) is 3.13. The topological polar surface area (TPSA) is 66.5 Å². The van der Waals surface area contributed by atoms with Gasteiger partial charge >= 0.3 is 0 Å². The van der Waals surface area contributed by atoms with Crippen molar-refractivity contribution in [3.05, 3.63) is 36.4 Å². The van der Waals surface area contributed by atoms with Gasteiger partial charge in [-0.3, -0.25) is 4.79 Å². The van der Waals surface area contributed by atoms with Crippen LogP contribution in [0.5, 0.6) is 0 Å². The minimum atomic E-state index is -3.46. The zero-order chi connectivity index (χ0) is 17.3. The van der Waals surface area contributed by atoms with Gasteiger partial charge in [0, 0.05) is 24.7 Å². The van der Waals surface area contributed by atoms with Crippen LogP contribution in [0.2, 0.25) is 0 Å². The number of anilines is 1. The predicted molar refractivity (Wildman–Crippen MR) is 94.0 cm³/mol. The first-order chi connectivity index (χ1) is 11.5. The molecule has 6 heteroatoms. The maximum absolute atomic E-state index is 12.5. The molecule has 1 aromatic rings. The van der Waals surface area contributed by atoms with Crippen LogP contribution in [0.25, 0.3) is 0 Å². The summed E-state index contributed by atoms with van der Waals surface area (Å²) in [4.78, 5) is 12.7. The lowest BCUT2D eigenvalue weighted by atomic mass is 9.93. The lowest BCUT2D eigenvalue weighted by Gasteiger charge is -2.19. The van der Waals surface area contributed by atoms with Crippen molar-refractivity contribution < 1.29 is 13.2 Å². The summed E-state index contributed by atoms with van der Waals surface area (Å²) in [6.07, 6.45) is 6.36. The minimum absolute atomic E-state index is 0.0335. The Morgan fingerprint density at radius 3 is 2.29 bits per heavy atom. The van der Waals surface area contributed by atoms with E-state index in [-0.39, 0.29) is 16.7 Å². The monoisotopic (exact) mass is 348 g/mol. The van der Waals surface area contributed by atoms with Crippen LogP contribution in [0.4, 0.5) is 5.69 Å². The SMILES string of the molecule is CCN(CC)S(=O)(=O)c1ccc(NC(=O)C2CC3C=CC2C3)cc1. The zero-order valence-corrected chi connectivity index (χ0v) is 14.9. The van der Waals surface area contributed by atoms with E-state index in [0.29, 0.717) is 30.6 Å². The number of hydrogen-bond donors (Lipinski definition) is 1. The van der Waals surface area contributed by atoms with Gasteiger partial charge in [-0.05, 0) is 48.9 Å². The Labute approximate surface area is 143 Å². The van der Waals surface area contributed by atoms with Gasteiger partial charge in [0.1, 0.15) is 0 Å². The van der Waals surface area contributed by atoms with Crippen LogP contribution < -0.4 is 5.32 Å². The van der Waals surface area contributed by atoms with Crippen molar-refractivity contribution in [2.75, 3.05) is 18.4 Å². The number of carbonyl (C=O) groups is 1. The lowest BCUT2D eigenvalue weighted by Crippen LogP contribution is -2.30. The Bertz CT molecular complexity index is 736. The molecule has 24 heavy (non-hydrogen) atoms. The molecule has 1 N–H and O–H groups in total. The van der Waals surface area contributed by atoms with Crippen LogP contribution in [0.3, 0.4) is 0 Å². The van der Waals surface area contributed by atoms with Crippen LogP contribution in [-0.2, 0) is 14.8 Å². The quantitative estimate of drug-likeness (QED) is 0.804. The second kappa shape index (κ2) is 6.69. The van der Waals surface area contributed by atoms with E-state index in [0.717, 1.165) is 12.8 Å². The number of sulfonamides is 1. The van der Waals surface area contributed by atoms with E-state index in [1.54, 1.807) is 24.3 Å². The van der Waals surface area contributed by atoms with Crippen LogP contribution in [0, 0.1) is 17.8 Å². The second-order valence-electron chi connectivity index (χ2n) is 6.49. The third-order valence-corrected chi connectivity index (χ3v) is 7.14. The molecule has 5 nitrogen and oxygen atoms in total. The smallest absolute Gasteiger partial charge is 0.243 e. The first kappa shape index (κ1) is 17.2. The van der Waals surface area contributed by atoms with E-state index in [1.807, 2.05) is 13.8 Å². The van der Waals surface area contributed by atoms with Crippen molar-refractivity contribution in [1.29, 1.82) is 0 Å². The molecule has 130 valence electrons. The molecule has 3 unspecified atom stereocenters. The Kier molecular flexibility index (Phi) is 4.78. The Hall–Kier alpha value is -1.66. The van der Waals surface area contributed by atoms with Gasteiger partial charge in [-0.1, -0.05) is 26.0 Å². The van der Waals surface area contributed by atoms with Crippen LogP contribution >= 0.6 is 0 Å². The molecule has 1 saturated carbocycles. The highest BCUT2D eigenvalue weighted by atomic mass is 32.2. The largest absolute Gasteiger partial charge is 0.326 e. The molecule has 1 fully saturated rings. The molecule has 3 rings (SSSR count). The average Bonchev–Trinajstić information content (AvgIpc) is 3.19. The van der Waals surface area contributed by atoms with Crippen molar-refractivity contribution in [2.24, 2.45) is 17.8 Å². The van der Waals surface area contributed by atoms with Gasteiger partial charge in [0.05, 0.1) is 4.90 Å². The van der Waals surface area contributed by atoms with Crippen molar-refractivity contribution in [1.82, 2.24) is 4.31 Å². The van der Waals surface area contributed by atoms with Crippen molar-refractivity contribution in [3.63, 3.8) is 0 Å². The van der Waals surface area contributed by atoms with Crippen molar-refractivity contribution >= 4 is 21.6 Å². The number of benzene rings is 1. The normalized spacial score (nSPS) is 25.4. The standard InChI is InChI=1S/C18H24N2O3S/c1-3-20(4-2)24(22,23)16-9-7-15(8-10-16)19-18(21)17-12-13-5-6-14(17)11-13/h5-10,13-14,17H,3-4,11-12H2,1-2H3,(H,19,21). The molecule has 0 aliphatic heterocycles. The molecule has 1 aromatic carbocycles. The zero-order valence-electron chi connectivity index (χ0n) is 14.1. The molecule has 1 amide bonds. The van der Waals surface area contributed by atoms with Crippen LogP contribution in [0.15, 0.2) is 41.3 Å². The van der Waals surface area contributed by atoms with E-state index < -0.39 is 10.0 Å². The number of nitrogens with zero attached hydrogens (tertiary/aromatic N) is 1. The van der Waals surface area contributed by atoms with E-state index >= 15 is 0 Å². The number of allylic oxidation sites excluding steroid dienone is 2. The number of fused-ring (bicyclic) bond motifs is 2. The maximum Gasteiger partial charge on any atom is 0.243 e. The summed E-state index contributed by atoms with van der Waals surface area (Å²) in [6, 6.07) is 6.45. The number of nitrogens with one attached hydrogen (secondary N) is 1. The van der Waals surface area contributed by atoms with Crippen LogP contribution in [0.1, 0.15) is 26.7 Å². The first-order valence-corrected chi connectivity index (χ1v) is 9.99. The van der Waals surface area contributed by atoms with Gasteiger partial charge in [0.25, 0.3) is 0 Å². The summed E-state index contributed by atoms with van der Waals surface area (Å²) in [7, 11) is -3.46. The molecule has 0 spiro atoms. The number of carbonyl (C=O) groups excluding carboxylic acids is 1. The third-order valence-electron chi connectivity index (χ3n) is 5.08. The number of amides is 1. The van der Waals surface area contributed by atoms with Crippen molar-refractivity contribution in [3.8, 4) is 0 Å². The molecule has 2 aliphatic rings. The summed E-state index contributed by atoms with van der Waals surface area (Å²) in [5.41, 5.74) is 0.644. The van der Waals surface area contributed by atoms with E-state index in [4.69, 9.17) is 0 Å². The summed E-state index contributed by atoms with van der Waals surface area (Å²) in [5.74, 6) is 0.981. The molecular formula is C18H24N2O3S. The van der Waals surface area contributed by atoms with Crippen LogP contribution in [-0.4, -0.2) is 31.7 Å². The van der Waals surface area contributed by atoms with Gasteiger partial charge in [-0.25, -0.2) is 8.42 Å². The molecular weight excluding hydrogens is 324 g/mol. The average molecular weight is 348 g/mol. The Morgan fingerprint density at radius 2 is 1.79 bits per heavy atom. The van der Waals surface area contributed by atoms with E-state index in [9.17, 15) is 13.2 Å². The molecule has 0 heterocycles. The molecule has 0 radical (unpaired) electrons. The number of rotatable bonds is 6. The van der Waals surface area contributed by atoms with Gasteiger partial charge in [0.15, 0.2) is 0 Å². The fraction of sp³-hybridized carbons (Fsp3) is 0.500. The fourth-order valence-electron chi connectivity index (χ4n) is 3.74. The van der Waals surface area contributed by atoms with E-state index in [1.165, 1.54) is 4.31 Å². The summed E-state index contributed by atoms with van der Waals surface area (Å²) < 4.78 is 26.3.